The molecule has 0 aliphatic heterocycles. The van der Waals surface area contributed by atoms with Crippen LogP contribution in [0.4, 0.5) is 0 Å². The first-order valence-electron chi connectivity index (χ1n) is 5.78. The van der Waals surface area contributed by atoms with Crippen LogP contribution in [0.3, 0.4) is 0 Å². The molecule has 1 N–H and O–H groups in total. The van der Waals surface area contributed by atoms with Gasteiger partial charge in [-0.05, 0) is 30.7 Å². The Labute approximate surface area is 91.9 Å². The molecule has 1 saturated carbocycles. The number of hydrogen-bond acceptors (Lipinski definition) is 2. The Hall–Kier alpha value is -0.830. The van der Waals surface area contributed by atoms with Crippen molar-refractivity contribution in [1.82, 2.24) is 15.1 Å². The van der Waals surface area contributed by atoms with Gasteiger partial charge in [0.05, 0.1) is 6.20 Å². The zero-order valence-electron chi connectivity index (χ0n) is 9.95. The van der Waals surface area contributed by atoms with Gasteiger partial charge in [-0.1, -0.05) is 13.8 Å². The lowest BCUT2D eigenvalue weighted by Crippen LogP contribution is -2.34. The molecule has 3 heteroatoms. The van der Waals surface area contributed by atoms with Gasteiger partial charge >= 0.3 is 0 Å². The Balaban J connectivity index is 1.84. The number of aryl methyl sites for hydroxylation is 1. The van der Waals surface area contributed by atoms with E-state index in [0.29, 0.717) is 0 Å². The highest BCUT2D eigenvalue weighted by atomic mass is 15.3. The monoisotopic (exact) mass is 207 g/mol. The number of aromatic nitrogens is 2. The summed E-state index contributed by atoms with van der Waals surface area (Å²) in [5.74, 6) is 0. The molecule has 1 aromatic rings. The van der Waals surface area contributed by atoms with Crippen molar-refractivity contribution < 1.29 is 0 Å². The van der Waals surface area contributed by atoms with Crippen LogP contribution in [0.2, 0.25) is 0 Å². The van der Waals surface area contributed by atoms with Crippen molar-refractivity contribution in [2.45, 2.75) is 46.2 Å². The lowest BCUT2D eigenvalue weighted by Gasteiger charge is -2.25. The van der Waals surface area contributed by atoms with E-state index in [2.05, 4.69) is 37.4 Å². The van der Waals surface area contributed by atoms with Crippen molar-refractivity contribution >= 4 is 0 Å². The fourth-order valence-corrected chi connectivity index (χ4v) is 1.76. The molecule has 1 fully saturated rings. The van der Waals surface area contributed by atoms with E-state index in [1.807, 2.05) is 10.9 Å². The molecule has 1 aliphatic rings. The van der Waals surface area contributed by atoms with Crippen molar-refractivity contribution in [3.05, 3.63) is 18.0 Å². The quantitative estimate of drug-likeness (QED) is 0.800. The summed E-state index contributed by atoms with van der Waals surface area (Å²) in [5, 5.41) is 7.92. The largest absolute Gasteiger partial charge is 0.313 e. The van der Waals surface area contributed by atoms with E-state index < -0.39 is 0 Å². The average Bonchev–Trinajstić information content (AvgIpc) is 2.88. The zero-order valence-corrected chi connectivity index (χ0v) is 9.95. The molecule has 0 bridgehead atoms. The van der Waals surface area contributed by atoms with Crippen LogP contribution in [0.25, 0.3) is 0 Å². The second-order valence-corrected chi connectivity index (χ2v) is 5.53. The molecule has 0 radical (unpaired) electrons. The maximum Gasteiger partial charge on any atom is 0.0518 e. The third-order valence-corrected chi connectivity index (χ3v) is 2.80. The molecule has 1 heterocycles. The predicted octanol–water partition coefficient (Wildman–Crippen LogP) is 1.97. The molecule has 84 valence electrons. The second kappa shape index (κ2) is 3.97. The lowest BCUT2D eigenvalue weighted by atomic mass is 9.93. The molecule has 0 saturated heterocycles. The van der Waals surface area contributed by atoms with Gasteiger partial charge in [-0.3, -0.25) is 4.68 Å². The fraction of sp³-hybridized carbons (Fsp3) is 0.750. The molecule has 1 aliphatic carbocycles. The molecular formula is C12H21N3. The van der Waals surface area contributed by atoms with Crippen molar-refractivity contribution in [3.8, 4) is 0 Å². The summed E-state index contributed by atoms with van der Waals surface area (Å²) >= 11 is 0. The predicted molar refractivity (Wildman–Crippen MR) is 61.8 cm³/mol. The highest BCUT2D eigenvalue weighted by Crippen LogP contribution is 2.22. The van der Waals surface area contributed by atoms with Gasteiger partial charge in [-0.25, -0.2) is 0 Å². The zero-order chi connectivity index (χ0) is 10.9. The minimum absolute atomic E-state index is 0.279. The maximum absolute atomic E-state index is 4.33. The molecule has 2 rings (SSSR count). The minimum atomic E-state index is 0.279. The molecule has 15 heavy (non-hydrogen) atoms. The van der Waals surface area contributed by atoms with Crippen LogP contribution in [-0.4, -0.2) is 22.4 Å². The van der Waals surface area contributed by atoms with Gasteiger partial charge in [0.15, 0.2) is 0 Å². The Bertz CT molecular complexity index is 323. The van der Waals surface area contributed by atoms with E-state index in [4.69, 9.17) is 0 Å². The van der Waals surface area contributed by atoms with Gasteiger partial charge in [0.1, 0.15) is 0 Å². The number of rotatable bonds is 5. The van der Waals surface area contributed by atoms with Crippen molar-refractivity contribution in [2.24, 2.45) is 5.41 Å². The maximum atomic E-state index is 4.33. The van der Waals surface area contributed by atoms with Crippen LogP contribution >= 0.6 is 0 Å². The summed E-state index contributed by atoms with van der Waals surface area (Å²) in [7, 11) is 0. The van der Waals surface area contributed by atoms with E-state index in [9.17, 15) is 0 Å². The first-order chi connectivity index (χ1) is 7.05. The highest BCUT2D eigenvalue weighted by Gasteiger charge is 2.25. The van der Waals surface area contributed by atoms with Gasteiger partial charge in [0.25, 0.3) is 0 Å². The SMILES string of the molecule is Cc1cnn(CC(C)(C)CNC2CC2)c1. The summed E-state index contributed by atoms with van der Waals surface area (Å²) in [6, 6.07) is 0.795. The van der Waals surface area contributed by atoms with E-state index in [-0.39, 0.29) is 5.41 Å². The standard InChI is InChI=1S/C12H21N3/c1-10-6-14-15(7-10)9-12(2,3)8-13-11-4-5-11/h6-7,11,13H,4-5,8-9H2,1-3H3. The van der Waals surface area contributed by atoms with E-state index >= 15 is 0 Å². The molecule has 0 spiro atoms. The van der Waals surface area contributed by atoms with Crippen LogP contribution < -0.4 is 5.32 Å². The van der Waals surface area contributed by atoms with Crippen molar-refractivity contribution in [1.29, 1.82) is 0 Å². The Morgan fingerprint density at radius 1 is 1.53 bits per heavy atom. The molecule has 1 aromatic heterocycles. The third-order valence-electron chi connectivity index (χ3n) is 2.80. The van der Waals surface area contributed by atoms with E-state index in [0.717, 1.165) is 19.1 Å². The normalized spacial score (nSPS) is 17.0. The van der Waals surface area contributed by atoms with Crippen molar-refractivity contribution in [2.75, 3.05) is 6.54 Å². The number of nitrogens with zero attached hydrogens (tertiary/aromatic N) is 2. The molecule has 0 amide bonds. The summed E-state index contributed by atoms with van der Waals surface area (Å²) < 4.78 is 2.05. The van der Waals surface area contributed by atoms with Crippen LogP contribution in [0.15, 0.2) is 12.4 Å². The molecule has 0 unspecified atom stereocenters. The highest BCUT2D eigenvalue weighted by molar-refractivity contribution is 4.99. The van der Waals surface area contributed by atoms with Gasteiger partial charge in [-0.2, -0.15) is 5.10 Å². The summed E-state index contributed by atoms with van der Waals surface area (Å²) in [4.78, 5) is 0. The van der Waals surface area contributed by atoms with Crippen LogP contribution in [0.1, 0.15) is 32.3 Å². The van der Waals surface area contributed by atoms with Gasteiger partial charge in [0, 0.05) is 25.3 Å². The Kier molecular flexibility index (Phi) is 2.83. The molecule has 3 nitrogen and oxygen atoms in total. The third kappa shape index (κ3) is 3.34. The van der Waals surface area contributed by atoms with Crippen LogP contribution in [-0.2, 0) is 6.54 Å². The lowest BCUT2D eigenvalue weighted by molar-refractivity contribution is 0.275. The van der Waals surface area contributed by atoms with Crippen LogP contribution in [0, 0.1) is 12.3 Å². The number of nitrogens with one attached hydrogen (secondary N) is 1. The average molecular weight is 207 g/mol. The Morgan fingerprint density at radius 2 is 2.27 bits per heavy atom. The first kappa shape index (κ1) is 10.7. The topological polar surface area (TPSA) is 29.9 Å². The van der Waals surface area contributed by atoms with Gasteiger partial charge in [-0.15, -0.1) is 0 Å². The molecular weight excluding hydrogens is 186 g/mol. The van der Waals surface area contributed by atoms with E-state index in [1.54, 1.807) is 0 Å². The summed E-state index contributed by atoms with van der Waals surface area (Å²) in [5.41, 5.74) is 1.52. The first-order valence-corrected chi connectivity index (χ1v) is 5.78. The van der Waals surface area contributed by atoms with Crippen LogP contribution in [0.5, 0.6) is 0 Å². The van der Waals surface area contributed by atoms with Gasteiger partial charge < -0.3 is 5.32 Å². The molecule has 0 atom stereocenters. The smallest absolute Gasteiger partial charge is 0.0518 e. The summed E-state index contributed by atoms with van der Waals surface area (Å²) in [6.45, 7) is 8.73. The molecule has 0 aromatic carbocycles. The van der Waals surface area contributed by atoms with E-state index in [1.165, 1.54) is 18.4 Å². The second-order valence-electron chi connectivity index (χ2n) is 5.53. The Morgan fingerprint density at radius 3 is 2.80 bits per heavy atom. The van der Waals surface area contributed by atoms with Gasteiger partial charge in [0.2, 0.25) is 0 Å². The number of hydrogen-bond donors (Lipinski definition) is 1. The van der Waals surface area contributed by atoms with Crippen molar-refractivity contribution in [3.63, 3.8) is 0 Å². The summed E-state index contributed by atoms with van der Waals surface area (Å²) in [6.07, 6.45) is 6.75. The minimum Gasteiger partial charge on any atom is -0.313 e. The fourth-order valence-electron chi connectivity index (χ4n) is 1.76.